The maximum Gasteiger partial charge on any atom is 0.0997 e. The van der Waals surface area contributed by atoms with E-state index in [9.17, 15) is 0 Å². The van der Waals surface area contributed by atoms with Crippen LogP contribution in [0.4, 0.5) is 0 Å². The van der Waals surface area contributed by atoms with Gasteiger partial charge in [0.1, 0.15) is 0 Å². The number of aromatic nitrogens is 3. The quantitative estimate of drug-likeness (QED) is 0.622. The number of ether oxygens (including phenoxy) is 2. The Labute approximate surface area is 109 Å². The Balaban J connectivity index is 2.58. The molecule has 0 aliphatic heterocycles. The Morgan fingerprint density at radius 1 is 1.17 bits per heavy atom. The van der Waals surface area contributed by atoms with Gasteiger partial charge in [0.05, 0.1) is 18.0 Å². The van der Waals surface area contributed by atoms with Crippen LogP contribution in [0.15, 0.2) is 0 Å². The molecule has 104 valence electrons. The Hall–Kier alpha value is -0.980. The first-order valence-electron chi connectivity index (χ1n) is 6.37. The molecule has 0 aromatic carbocycles. The molecule has 0 unspecified atom stereocenters. The van der Waals surface area contributed by atoms with Crippen LogP contribution in [0, 0.1) is 0 Å². The molecule has 1 heterocycles. The summed E-state index contributed by atoms with van der Waals surface area (Å²) in [6.45, 7) is 3.13. The number of unbranched alkanes of at least 4 members (excludes halogenated alkanes) is 1. The minimum absolute atomic E-state index is 0.697. The molecule has 6 heteroatoms. The third-order valence-electron chi connectivity index (χ3n) is 2.77. The third kappa shape index (κ3) is 4.72. The van der Waals surface area contributed by atoms with Crippen molar-refractivity contribution in [1.82, 2.24) is 20.3 Å². The fraction of sp³-hybridized carbons (Fsp3) is 0.833. The van der Waals surface area contributed by atoms with Gasteiger partial charge in [-0.3, -0.25) is 0 Å². The summed E-state index contributed by atoms with van der Waals surface area (Å²) < 4.78 is 12.2. The van der Waals surface area contributed by atoms with Crippen LogP contribution in [0.1, 0.15) is 24.2 Å². The number of nitrogens with zero attached hydrogens (tertiary/aromatic N) is 3. The summed E-state index contributed by atoms with van der Waals surface area (Å²) in [6.07, 6.45) is 2.95. The van der Waals surface area contributed by atoms with Crippen LogP contribution >= 0.6 is 0 Å². The fourth-order valence-corrected chi connectivity index (χ4v) is 1.83. The van der Waals surface area contributed by atoms with Crippen molar-refractivity contribution in [2.75, 3.05) is 34.5 Å². The van der Waals surface area contributed by atoms with Crippen molar-refractivity contribution in [3.8, 4) is 0 Å². The van der Waals surface area contributed by atoms with Gasteiger partial charge >= 0.3 is 0 Å². The van der Waals surface area contributed by atoms with Gasteiger partial charge in [-0.15, -0.1) is 5.10 Å². The summed E-state index contributed by atoms with van der Waals surface area (Å²) in [6, 6.07) is 0. The van der Waals surface area contributed by atoms with E-state index in [2.05, 4.69) is 15.6 Å². The molecule has 1 rings (SSSR count). The highest BCUT2D eigenvalue weighted by molar-refractivity contribution is 5.10. The van der Waals surface area contributed by atoms with Gasteiger partial charge in [0, 0.05) is 40.3 Å². The van der Waals surface area contributed by atoms with Crippen LogP contribution in [0.5, 0.6) is 0 Å². The minimum Gasteiger partial charge on any atom is -0.385 e. The van der Waals surface area contributed by atoms with Gasteiger partial charge in [0.25, 0.3) is 0 Å². The molecule has 0 spiro atoms. The lowest BCUT2D eigenvalue weighted by atomic mass is 10.2. The number of aryl methyl sites for hydroxylation is 1. The number of hydrogen-bond donors (Lipinski definition) is 1. The highest BCUT2D eigenvalue weighted by Crippen LogP contribution is 2.08. The summed E-state index contributed by atoms with van der Waals surface area (Å²) in [4.78, 5) is 0. The van der Waals surface area contributed by atoms with E-state index in [1.54, 1.807) is 14.2 Å². The zero-order valence-electron chi connectivity index (χ0n) is 11.6. The summed E-state index contributed by atoms with van der Waals surface area (Å²) in [7, 11) is 5.35. The molecule has 0 fully saturated rings. The minimum atomic E-state index is 0.697. The van der Waals surface area contributed by atoms with E-state index in [1.807, 2.05) is 11.7 Å². The van der Waals surface area contributed by atoms with Crippen molar-refractivity contribution in [1.29, 1.82) is 0 Å². The lowest BCUT2D eigenvalue weighted by Crippen LogP contribution is -2.12. The predicted molar refractivity (Wildman–Crippen MR) is 69.5 cm³/mol. The average Bonchev–Trinajstić information content (AvgIpc) is 2.75. The van der Waals surface area contributed by atoms with E-state index < -0.39 is 0 Å². The van der Waals surface area contributed by atoms with Gasteiger partial charge in [-0.1, -0.05) is 5.21 Å². The molecule has 18 heavy (non-hydrogen) atoms. The van der Waals surface area contributed by atoms with Crippen molar-refractivity contribution in [3.05, 3.63) is 11.4 Å². The molecular weight excluding hydrogens is 232 g/mol. The molecule has 1 N–H and O–H groups in total. The molecule has 6 nitrogen and oxygen atoms in total. The summed E-state index contributed by atoms with van der Waals surface area (Å²) in [5.74, 6) is 0. The van der Waals surface area contributed by atoms with E-state index in [1.165, 1.54) is 5.69 Å². The largest absolute Gasteiger partial charge is 0.385 e. The van der Waals surface area contributed by atoms with Crippen LogP contribution in [0.3, 0.4) is 0 Å². The Morgan fingerprint density at radius 2 is 1.94 bits per heavy atom. The molecule has 0 amide bonds. The Kier molecular flexibility index (Phi) is 7.55. The molecule has 0 atom stereocenters. The monoisotopic (exact) mass is 256 g/mol. The average molecular weight is 256 g/mol. The van der Waals surface area contributed by atoms with Crippen molar-refractivity contribution in [3.63, 3.8) is 0 Å². The van der Waals surface area contributed by atoms with Crippen LogP contribution in [-0.2, 0) is 29.0 Å². The molecule has 0 radical (unpaired) electrons. The smallest absolute Gasteiger partial charge is 0.0997 e. The van der Waals surface area contributed by atoms with Gasteiger partial charge in [-0.2, -0.15) is 0 Å². The van der Waals surface area contributed by atoms with Crippen LogP contribution < -0.4 is 5.32 Å². The molecular formula is C12H24N4O2. The van der Waals surface area contributed by atoms with E-state index in [4.69, 9.17) is 9.47 Å². The standard InChI is InChI=1S/C12H24N4O2/c1-13-10-11-12(6-9-18-3)16(15-14-11)7-4-5-8-17-2/h13H,4-10H2,1-3H3. The van der Waals surface area contributed by atoms with E-state index in [0.717, 1.165) is 44.7 Å². The number of rotatable bonds is 10. The van der Waals surface area contributed by atoms with Crippen molar-refractivity contribution < 1.29 is 9.47 Å². The zero-order valence-corrected chi connectivity index (χ0v) is 11.6. The van der Waals surface area contributed by atoms with Crippen LogP contribution in [0.2, 0.25) is 0 Å². The van der Waals surface area contributed by atoms with Gasteiger partial charge in [0.15, 0.2) is 0 Å². The van der Waals surface area contributed by atoms with Gasteiger partial charge < -0.3 is 14.8 Å². The van der Waals surface area contributed by atoms with E-state index >= 15 is 0 Å². The molecule has 1 aromatic rings. The van der Waals surface area contributed by atoms with E-state index in [0.29, 0.717) is 6.61 Å². The van der Waals surface area contributed by atoms with Crippen molar-refractivity contribution >= 4 is 0 Å². The highest BCUT2D eigenvalue weighted by atomic mass is 16.5. The Bertz CT molecular complexity index is 328. The normalized spacial score (nSPS) is 11.1. The second-order valence-corrected chi connectivity index (χ2v) is 4.18. The zero-order chi connectivity index (χ0) is 13.2. The first-order valence-corrected chi connectivity index (χ1v) is 6.37. The summed E-state index contributed by atoms with van der Waals surface area (Å²) in [5, 5.41) is 11.6. The van der Waals surface area contributed by atoms with Crippen LogP contribution in [0.25, 0.3) is 0 Å². The van der Waals surface area contributed by atoms with Gasteiger partial charge in [-0.25, -0.2) is 4.68 Å². The third-order valence-corrected chi connectivity index (χ3v) is 2.77. The second-order valence-electron chi connectivity index (χ2n) is 4.18. The molecule has 0 aliphatic carbocycles. The topological polar surface area (TPSA) is 61.2 Å². The lowest BCUT2D eigenvalue weighted by Gasteiger charge is -2.07. The SMILES string of the molecule is CNCc1nnn(CCCCOC)c1CCOC. The number of nitrogens with one attached hydrogen (secondary N) is 1. The van der Waals surface area contributed by atoms with Crippen molar-refractivity contribution in [2.45, 2.75) is 32.4 Å². The molecule has 0 saturated heterocycles. The van der Waals surface area contributed by atoms with Crippen LogP contribution in [-0.4, -0.2) is 49.5 Å². The van der Waals surface area contributed by atoms with Gasteiger partial charge in [-0.05, 0) is 19.9 Å². The number of hydrogen-bond acceptors (Lipinski definition) is 5. The summed E-state index contributed by atoms with van der Waals surface area (Å²) in [5.41, 5.74) is 2.19. The van der Waals surface area contributed by atoms with E-state index in [-0.39, 0.29) is 0 Å². The lowest BCUT2D eigenvalue weighted by molar-refractivity contribution is 0.189. The maximum absolute atomic E-state index is 5.14. The summed E-state index contributed by atoms with van der Waals surface area (Å²) >= 11 is 0. The second kappa shape index (κ2) is 9.02. The fourth-order valence-electron chi connectivity index (χ4n) is 1.83. The molecule has 1 aromatic heterocycles. The first-order chi connectivity index (χ1) is 8.83. The molecule has 0 aliphatic rings. The van der Waals surface area contributed by atoms with Crippen molar-refractivity contribution in [2.24, 2.45) is 0 Å². The number of methoxy groups -OCH3 is 2. The first kappa shape index (κ1) is 15.1. The predicted octanol–water partition coefficient (Wildman–Crippen LogP) is 0.613. The van der Waals surface area contributed by atoms with Gasteiger partial charge in [0.2, 0.25) is 0 Å². The molecule has 0 saturated carbocycles. The Morgan fingerprint density at radius 3 is 2.61 bits per heavy atom. The maximum atomic E-state index is 5.14. The highest BCUT2D eigenvalue weighted by Gasteiger charge is 2.11. The molecule has 0 bridgehead atoms.